The van der Waals surface area contributed by atoms with Gasteiger partial charge in [0.15, 0.2) is 11.6 Å². The monoisotopic (exact) mass is 336 g/mol. The number of hydrogen-bond donors (Lipinski definition) is 0. The third kappa shape index (κ3) is 3.34. The number of halogens is 3. The third-order valence-corrected chi connectivity index (χ3v) is 4.23. The van der Waals surface area contributed by atoms with Crippen molar-refractivity contribution < 1.29 is 8.78 Å². The fourth-order valence-electron chi connectivity index (χ4n) is 1.92. The smallest absolute Gasteiger partial charge is 0.166 e. The standard InChI is InChI=1S/C17H15BrF2/c1-2-15(18)14-11-10-13(16(19)17(14)20)9-8-12-6-4-3-5-7-12/h3-11,15H,2H2,1H3/b9-8+. The molecule has 2 aromatic carbocycles. The van der Waals surface area contributed by atoms with E-state index < -0.39 is 11.6 Å². The molecule has 0 heterocycles. The summed E-state index contributed by atoms with van der Waals surface area (Å²) in [7, 11) is 0. The van der Waals surface area contributed by atoms with Gasteiger partial charge in [-0.3, -0.25) is 0 Å². The Morgan fingerprint density at radius 2 is 1.70 bits per heavy atom. The van der Waals surface area contributed by atoms with Crippen LogP contribution < -0.4 is 0 Å². The highest BCUT2D eigenvalue weighted by Gasteiger charge is 2.16. The van der Waals surface area contributed by atoms with Gasteiger partial charge in [0.05, 0.1) is 0 Å². The summed E-state index contributed by atoms with van der Waals surface area (Å²) in [6.07, 6.45) is 4.06. The van der Waals surface area contributed by atoms with E-state index >= 15 is 0 Å². The second-order valence-electron chi connectivity index (χ2n) is 4.49. The van der Waals surface area contributed by atoms with E-state index in [1.807, 2.05) is 37.3 Å². The summed E-state index contributed by atoms with van der Waals surface area (Å²) in [5, 5.41) is 0. The molecule has 0 amide bonds. The maximum Gasteiger partial charge on any atom is 0.166 e. The van der Waals surface area contributed by atoms with E-state index in [1.165, 1.54) is 0 Å². The molecule has 0 nitrogen and oxygen atoms in total. The molecule has 0 aliphatic rings. The van der Waals surface area contributed by atoms with Gasteiger partial charge in [-0.05, 0) is 12.0 Å². The van der Waals surface area contributed by atoms with Crippen molar-refractivity contribution in [1.29, 1.82) is 0 Å². The Labute approximate surface area is 126 Å². The van der Waals surface area contributed by atoms with Gasteiger partial charge in [0.2, 0.25) is 0 Å². The van der Waals surface area contributed by atoms with Gasteiger partial charge in [-0.15, -0.1) is 0 Å². The molecular weight excluding hydrogens is 322 g/mol. The molecule has 0 saturated carbocycles. The van der Waals surface area contributed by atoms with Crippen LogP contribution in [0.25, 0.3) is 12.2 Å². The summed E-state index contributed by atoms with van der Waals surface area (Å²) >= 11 is 3.35. The van der Waals surface area contributed by atoms with Gasteiger partial charge < -0.3 is 0 Å². The maximum absolute atomic E-state index is 14.0. The van der Waals surface area contributed by atoms with E-state index in [9.17, 15) is 8.78 Å². The van der Waals surface area contributed by atoms with Crippen molar-refractivity contribution in [2.24, 2.45) is 0 Å². The van der Waals surface area contributed by atoms with Crippen LogP contribution in [0.5, 0.6) is 0 Å². The molecule has 3 heteroatoms. The van der Waals surface area contributed by atoms with E-state index in [0.717, 1.165) is 5.56 Å². The summed E-state index contributed by atoms with van der Waals surface area (Å²) < 4.78 is 28.0. The quantitative estimate of drug-likeness (QED) is 0.475. The SMILES string of the molecule is CCC(Br)c1ccc(/C=C/c2ccccc2)c(F)c1F. The Bertz CT molecular complexity index is 606. The van der Waals surface area contributed by atoms with Crippen molar-refractivity contribution in [3.63, 3.8) is 0 Å². The average Bonchev–Trinajstić information content (AvgIpc) is 2.49. The van der Waals surface area contributed by atoms with Gasteiger partial charge in [-0.25, -0.2) is 8.78 Å². The van der Waals surface area contributed by atoms with Gasteiger partial charge in [0.1, 0.15) is 0 Å². The van der Waals surface area contributed by atoms with Crippen LogP contribution in [0.2, 0.25) is 0 Å². The van der Waals surface area contributed by atoms with Crippen molar-refractivity contribution in [2.75, 3.05) is 0 Å². The van der Waals surface area contributed by atoms with E-state index in [2.05, 4.69) is 15.9 Å². The van der Waals surface area contributed by atoms with E-state index in [-0.39, 0.29) is 10.4 Å². The summed E-state index contributed by atoms with van der Waals surface area (Å²) in [5.41, 5.74) is 1.57. The molecule has 20 heavy (non-hydrogen) atoms. The molecule has 0 fully saturated rings. The Morgan fingerprint density at radius 3 is 2.35 bits per heavy atom. The highest BCUT2D eigenvalue weighted by Crippen LogP contribution is 2.30. The molecule has 1 atom stereocenters. The first kappa shape index (κ1) is 14.9. The second-order valence-corrected chi connectivity index (χ2v) is 5.60. The zero-order valence-corrected chi connectivity index (χ0v) is 12.7. The van der Waals surface area contributed by atoms with Crippen LogP contribution in [0.3, 0.4) is 0 Å². The van der Waals surface area contributed by atoms with Crippen LogP contribution in [-0.4, -0.2) is 0 Å². The first-order valence-corrected chi connectivity index (χ1v) is 7.40. The number of rotatable bonds is 4. The van der Waals surface area contributed by atoms with Crippen LogP contribution in [0.1, 0.15) is 34.9 Å². The number of hydrogen-bond acceptors (Lipinski definition) is 0. The molecule has 0 aliphatic heterocycles. The maximum atomic E-state index is 14.0. The topological polar surface area (TPSA) is 0 Å². The lowest BCUT2D eigenvalue weighted by Crippen LogP contribution is -1.98. The van der Waals surface area contributed by atoms with Gasteiger partial charge in [-0.1, -0.05) is 77.5 Å². The Kier molecular flexibility index (Phi) is 5.07. The molecule has 0 N–H and O–H groups in total. The van der Waals surface area contributed by atoms with Crippen LogP contribution in [0, 0.1) is 11.6 Å². The molecule has 0 aliphatic carbocycles. The highest BCUT2D eigenvalue weighted by molar-refractivity contribution is 9.09. The zero-order chi connectivity index (χ0) is 14.5. The fourth-order valence-corrected chi connectivity index (χ4v) is 2.27. The fraction of sp³-hybridized carbons (Fsp3) is 0.176. The molecule has 104 valence electrons. The molecule has 2 aromatic rings. The van der Waals surface area contributed by atoms with Crippen molar-refractivity contribution in [1.82, 2.24) is 0 Å². The average molecular weight is 337 g/mol. The lowest BCUT2D eigenvalue weighted by molar-refractivity contribution is 0.496. The van der Waals surface area contributed by atoms with E-state index in [0.29, 0.717) is 12.0 Å². The first-order valence-electron chi connectivity index (χ1n) is 6.48. The van der Waals surface area contributed by atoms with E-state index in [1.54, 1.807) is 24.3 Å². The van der Waals surface area contributed by atoms with Crippen LogP contribution in [0.15, 0.2) is 42.5 Å². The predicted molar refractivity (Wildman–Crippen MR) is 83.7 cm³/mol. The van der Waals surface area contributed by atoms with Gasteiger partial charge in [0.25, 0.3) is 0 Å². The lowest BCUT2D eigenvalue weighted by atomic mass is 10.0. The molecule has 0 radical (unpaired) electrons. The highest BCUT2D eigenvalue weighted by atomic mass is 79.9. The minimum Gasteiger partial charge on any atom is -0.203 e. The second kappa shape index (κ2) is 6.80. The molecule has 2 rings (SSSR count). The molecular formula is C17H15BrF2. The number of benzene rings is 2. The summed E-state index contributed by atoms with van der Waals surface area (Å²) in [6.45, 7) is 1.92. The first-order chi connectivity index (χ1) is 9.63. The molecule has 0 bridgehead atoms. The predicted octanol–water partition coefficient (Wildman–Crippen LogP) is 5.98. The zero-order valence-electron chi connectivity index (χ0n) is 11.1. The van der Waals surface area contributed by atoms with Gasteiger partial charge in [-0.2, -0.15) is 0 Å². The normalized spacial score (nSPS) is 12.8. The van der Waals surface area contributed by atoms with Gasteiger partial charge >= 0.3 is 0 Å². The van der Waals surface area contributed by atoms with Crippen LogP contribution in [-0.2, 0) is 0 Å². The Balaban J connectivity index is 2.30. The summed E-state index contributed by atoms with van der Waals surface area (Å²) in [6, 6.07) is 12.8. The Morgan fingerprint density at radius 1 is 1.00 bits per heavy atom. The van der Waals surface area contributed by atoms with Crippen molar-refractivity contribution in [3.8, 4) is 0 Å². The van der Waals surface area contributed by atoms with Crippen molar-refractivity contribution >= 4 is 28.1 Å². The van der Waals surface area contributed by atoms with E-state index in [4.69, 9.17) is 0 Å². The number of alkyl halides is 1. The largest absolute Gasteiger partial charge is 0.203 e. The lowest BCUT2D eigenvalue weighted by Gasteiger charge is -2.10. The molecule has 1 unspecified atom stereocenters. The summed E-state index contributed by atoms with van der Waals surface area (Å²) in [4.78, 5) is -0.163. The molecule has 0 saturated heterocycles. The minimum absolute atomic E-state index is 0.163. The van der Waals surface area contributed by atoms with Gasteiger partial charge in [0, 0.05) is 16.0 Å². The summed E-state index contributed by atoms with van der Waals surface area (Å²) in [5.74, 6) is -1.57. The van der Waals surface area contributed by atoms with Crippen LogP contribution in [0.4, 0.5) is 8.78 Å². The van der Waals surface area contributed by atoms with Crippen molar-refractivity contribution in [3.05, 3.63) is 70.8 Å². The molecule has 0 aromatic heterocycles. The molecule has 0 spiro atoms. The van der Waals surface area contributed by atoms with Crippen molar-refractivity contribution in [2.45, 2.75) is 18.2 Å². The van der Waals surface area contributed by atoms with Crippen LogP contribution >= 0.6 is 15.9 Å². The third-order valence-electron chi connectivity index (χ3n) is 3.09. The minimum atomic E-state index is -0.799. The Hall–Kier alpha value is -1.48.